The average molecular weight is 368 g/mol. The van der Waals surface area contributed by atoms with E-state index in [1.165, 1.54) is 31.7 Å². The van der Waals surface area contributed by atoms with E-state index in [-0.39, 0.29) is 10.8 Å². The van der Waals surface area contributed by atoms with Crippen molar-refractivity contribution < 1.29 is 8.42 Å². The molecular formula is C17H29N5O2S. The number of anilines is 1. The summed E-state index contributed by atoms with van der Waals surface area (Å²) in [6.45, 7) is 5.82. The maximum Gasteiger partial charge on any atom is 0.222 e. The molecule has 25 heavy (non-hydrogen) atoms. The SMILES string of the molecule is CS(=O)(=O)c1cnc(NCCN2CCCCC2)nc1C1CCCNC1. The number of nitrogens with zero attached hydrogens (tertiary/aromatic N) is 3. The number of aromatic nitrogens is 2. The first-order valence-corrected chi connectivity index (χ1v) is 11.2. The Balaban J connectivity index is 1.69. The molecule has 2 fully saturated rings. The quantitative estimate of drug-likeness (QED) is 0.782. The van der Waals surface area contributed by atoms with Gasteiger partial charge in [-0.1, -0.05) is 6.42 Å². The van der Waals surface area contributed by atoms with Crippen molar-refractivity contribution >= 4 is 15.8 Å². The molecule has 3 rings (SSSR count). The minimum absolute atomic E-state index is 0.129. The number of hydrogen-bond acceptors (Lipinski definition) is 7. The van der Waals surface area contributed by atoms with Gasteiger partial charge in [0.2, 0.25) is 5.95 Å². The van der Waals surface area contributed by atoms with Crippen molar-refractivity contribution in [3.05, 3.63) is 11.9 Å². The second-order valence-electron chi connectivity index (χ2n) is 7.09. The number of piperidine rings is 2. The van der Waals surface area contributed by atoms with Crippen LogP contribution in [0.4, 0.5) is 5.95 Å². The van der Waals surface area contributed by atoms with Crippen molar-refractivity contribution in [1.29, 1.82) is 0 Å². The molecule has 3 heterocycles. The molecule has 0 bridgehead atoms. The molecule has 1 aromatic rings. The van der Waals surface area contributed by atoms with Gasteiger partial charge in [-0.2, -0.15) is 0 Å². The van der Waals surface area contributed by atoms with E-state index < -0.39 is 9.84 Å². The summed E-state index contributed by atoms with van der Waals surface area (Å²) in [4.78, 5) is 11.5. The minimum atomic E-state index is -3.33. The topological polar surface area (TPSA) is 87.2 Å². The summed E-state index contributed by atoms with van der Waals surface area (Å²) >= 11 is 0. The molecule has 0 aromatic carbocycles. The van der Waals surface area contributed by atoms with Crippen LogP contribution in [0.15, 0.2) is 11.1 Å². The van der Waals surface area contributed by atoms with Crippen LogP contribution in [0.5, 0.6) is 0 Å². The molecule has 1 aromatic heterocycles. The molecule has 0 aliphatic carbocycles. The summed E-state index contributed by atoms with van der Waals surface area (Å²) in [6.07, 6.45) is 8.58. The van der Waals surface area contributed by atoms with Crippen LogP contribution < -0.4 is 10.6 Å². The summed E-state index contributed by atoms with van der Waals surface area (Å²) in [5.74, 6) is 0.661. The molecule has 140 valence electrons. The van der Waals surface area contributed by atoms with E-state index in [0.717, 1.165) is 52.1 Å². The predicted octanol–water partition coefficient (Wildman–Crippen LogP) is 1.24. The number of rotatable bonds is 6. The van der Waals surface area contributed by atoms with Crippen LogP contribution in [0.1, 0.15) is 43.7 Å². The van der Waals surface area contributed by atoms with Crippen molar-refractivity contribution in [2.24, 2.45) is 0 Å². The number of nitrogens with one attached hydrogen (secondary N) is 2. The fourth-order valence-electron chi connectivity index (χ4n) is 3.64. The Kier molecular flexibility index (Phi) is 6.24. The average Bonchev–Trinajstić information content (AvgIpc) is 2.62. The van der Waals surface area contributed by atoms with E-state index in [1.807, 2.05) is 0 Å². The van der Waals surface area contributed by atoms with Crippen molar-refractivity contribution in [1.82, 2.24) is 20.2 Å². The second-order valence-corrected chi connectivity index (χ2v) is 9.07. The second kappa shape index (κ2) is 8.42. The molecule has 0 radical (unpaired) electrons. The number of sulfone groups is 1. The molecule has 0 saturated carbocycles. The van der Waals surface area contributed by atoms with Gasteiger partial charge in [0.1, 0.15) is 4.90 Å². The van der Waals surface area contributed by atoms with Crippen molar-refractivity contribution in [2.45, 2.75) is 42.9 Å². The number of hydrogen-bond donors (Lipinski definition) is 2. The summed E-state index contributed by atoms with van der Waals surface area (Å²) in [5.41, 5.74) is 0.658. The summed E-state index contributed by atoms with van der Waals surface area (Å²) in [7, 11) is -3.33. The lowest BCUT2D eigenvalue weighted by Gasteiger charge is -2.26. The molecule has 8 heteroatoms. The van der Waals surface area contributed by atoms with Crippen LogP contribution in [0.2, 0.25) is 0 Å². The molecule has 0 spiro atoms. The zero-order valence-electron chi connectivity index (χ0n) is 15.0. The van der Waals surface area contributed by atoms with Crippen molar-refractivity contribution in [3.8, 4) is 0 Å². The first-order valence-electron chi connectivity index (χ1n) is 9.28. The summed E-state index contributed by atoms with van der Waals surface area (Å²) in [6, 6.07) is 0. The lowest BCUT2D eigenvalue weighted by atomic mass is 9.96. The van der Waals surface area contributed by atoms with Gasteiger partial charge in [0.15, 0.2) is 9.84 Å². The smallest absolute Gasteiger partial charge is 0.222 e. The molecule has 2 aliphatic rings. The van der Waals surface area contributed by atoms with Gasteiger partial charge in [-0.15, -0.1) is 0 Å². The van der Waals surface area contributed by atoms with Gasteiger partial charge in [0.25, 0.3) is 0 Å². The highest BCUT2D eigenvalue weighted by Gasteiger charge is 2.25. The number of likely N-dealkylation sites (tertiary alicyclic amines) is 1. The molecule has 2 aliphatic heterocycles. The molecule has 7 nitrogen and oxygen atoms in total. The molecule has 1 unspecified atom stereocenters. The van der Waals surface area contributed by atoms with Crippen LogP contribution in [-0.4, -0.2) is 68.8 Å². The Bertz CT molecular complexity index is 668. The molecule has 1 atom stereocenters. The third-order valence-electron chi connectivity index (χ3n) is 5.03. The van der Waals surface area contributed by atoms with Gasteiger partial charge in [0, 0.05) is 31.8 Å². The highest BCUT2D eigenvalue weighted by molar-refractivity contribution is 7.90. The van der Waals surface area contributed by atoms with Crippen molar-refractivity contribution in [3.63, 3.8) is 0 Å². The monoisotopic (exact) mass is 367 g/mol. The van der Waals surface area contributed by atoms with Gasteiger partial charge >= 0.3 is 0 Å². The molecule has 2 saturated heterocycles. The third-order valence-corrected chi connectivity index (χ3v) is 6.14. The lowest BCUT2D eigenvalue weighted by Crippen LogP contribution is -2.34. The first kappa shape index (κ1) is 18.5. The zero-order valence-corrected chi connectivity index (χ0v) is 15.8. The summed E-state index contributed by atoms with van der Waals surface area (Å²) in [5, 5.41) is 6.61. The Morgan fingerprint density at radius 3 is 2.76 bits per heavy atom. The fraction of sp³-hybridized carbons (Fsp3) is 0.765. The van der Waals surface area contributed by atoms with E-state index in [2.05, 4.69) is 25.5 Å². The van der Waals surface area contributed by atoms with Gasteiger partial charge in [-0.05, 0) is 45.3 Å². The van der Waals surface area contributed by atoms with Gasteiger partial charge in [-0.25, -0.2) is 18.4 Å². The Morgan fingerprint density at radius 2 is 2.08 bits per heavy atom. The standard InChI is InChI=1S/C17H29N5O2S/c1-25(23,24)15-13-20-17(19-8-11-22-9-3-2-4-10-22)21-16(15)14-6-5-7-18-12-14/h13-14,18H,2-12H2,1H3,(H,19,20,21). The van der Waals surface area contributed by atoms with E-state index >= 15 is 0 Å². The van der Waals surface area contributed by atoms with Crippen molar-refractivity contribution in [2.75, 3.05) is 50.8 Å². The third kappa shape index (κ3) is 5.12. The van der Waals surface area contributed by atoms with E-state index in [0.29, 0.717) is 11.6 Å². The minimum Gasteiger partial charge on any atom is -0.353 e. The van der Waals surface area contributed by atoms with Crippen LogP contribution in [0.25, 0.3) is 0 Å². The van der Waals surface area contributed by atoms with E-state index in [4.69, 9.17) is 0 Å². The van der Waals surface area contributed by atoms with Crippen LogP contribution in [0.3, 0.4) is 0 Å². The largest absolute Gasteiger partial charge is 0.353 e. The summed E-state index contributed by atoms with van der Waals surface area (Å²) < 4.78 is 24.2. The lowest BCUT2D eigenvalue weighted by molar-refractivity contribution is 0.237. The maximum atomic E-state index is 12.1. The Morgan fingerprint density at radius 1 is 1.28 bits per heavy atom. The molecule has 2 N–H and O–H groups in total. The van der Waals surface area contributed by atoms with E-state index in [9.17, 15) is 8.42 Å². The fourth-order valence-corrected chi connectivity index (χ4v) is 4.48. The van der Waals surface area contributed by atoms with E-state index in [1.54, 1.807) is 0 Å². The highest BCUT2D eigenvalue weighted by Crippen LogP contribution is 2.27. The van der Waals surface area contributed by atoms with Crippen LogP contribution in [0, 0.1) is 0 Å². The molecular weight excluding hydrogens is 338 g/mol. The first-order chi connectivity index (χ1) is 12.0. The zero-order chi connectivity index (χ0) is 17.7. The van der Waals surface area contributed by atoms with Gasteiger partial charge in [0.05, 0.1) is 11.9 Å². The van der Waals surface area contributed by atoms with Crippen LogP contribution in [-0.2, 0) is 9.84 Å². The predicted molar refractivity (Wildman–Crippen MR) is 98.8 cm³/mol. The Labute approximate surface area is 150 Å². The molecule has 0 amide bonds. The highest BCUT2D eigenvalue weighted by atomic mass is 32.2. The normalized spacial score (nSPS) is 22.7. The van der Waals surface area contributed by atoms with Gasteiger partial charge in [-0.3, -0.25) is 0 Å². The maximum absolute atomic E-state index is 12.1. The van der Waals surface area contributed by atoms with Gasteiger partial charge < -0.3 is 15.5 Å². The Hall–Kier alpha value is -1.25. The van der Waals surface area contributed by atoms with Crippen LogP contribution >= 0.6 is 0 Å².